The minimum absolute atomic E-state index is 0.150. The molecule has 10 heteroatoms. The smallest absolute Gasteiger partial charge is 0.270 e. The van der Waals surface area contributed by atoms with Gasteiger partial charge in [0.2, 0.25) is 5.91 Å². The minimum atomic E-state index is -0.551. The van der Waals surface area contributed by atoms with Crippen molar-refractivity contribution < 1.29 is 14.5 Å². The van der Waals surface area contributed by atoms with Crippen LogP contribution in [0.15, 0.2) is 65.0 Å². The predicted octanol–water partition coefficient (Wildman–Crippen LogP) is 4.03. The van der Waals surface area contributed by atoms with Crippen LogP contribution < -0.4 is 10.6 Å². The number of amides is 2. The molecule has 0 unspecified atom stereocenters. The van der Waals surface area contributed by atoms with Crippen molar-refractivity contribution in [2.75, 3.05) is 16.4 Å². The first-order chi connectivity index (χ1) is 13.5. The van der Waals surface area contributed by atoms with Crippen molar-refractivity contribution >= 4 is 51.4 Å². The highest BCUT2D eigenvalue weighted by molar-refractivity contribution is 8.00. The summed E-state index contributed by atoms with van der Waals surface area (Å²) < 4.78 is 0. The molecule has 8 nitrogen and oxygen atoms in total. The van der Waals surface area contributed by atoms with Crippen LogP contribution in [0.4, 0.5) is 16.5 Å². The molecule has 1 heterocycles. The molecule has 142 valence electrons. The molecule has 2 N–H and O–H groups in total. The van der Waals surface area contributed by atoms with Gasteiger partial charge in [0.1, 0.15) is 0 Å². The van der Waals surface area contributed by atoms with E-state index in [0.29, 0.717) is 10.8 Å². The van der Waals surface area contributed by atoms with Crippen molar-refractivity contribution in [3.63, 3.8) is 0 Å². The maximum absolute atomic E-state index is 12.3. The number of benzene rings is 2. The molecule has 0 bridgehead atoms. The third-order valence-electron chi connectivity index (χ3n) is 3.46. The van der Waals surface area contributed by atoms with Crippen LogP contribution in [0, 0.1) is 10.1 Å². The lowest BCUT2D eigenvalue weighted by Crippen LogP contribution is -2.14. The molecule has 2 aromatic carbocycles. The van der Waals surface area contributed by atoms with Crippen LogP contribution in [0.1, 0.15) is 10.4 Å². The number of hydrogen-bond donors (Lipinski definition) is 2. The van der Waals surface area contributed by atoms with Gasteiger partial charge >= 0.3 is 0 Å². The maximum atomic E-state index is 12.3. The Bertz CT molecular complexity index is 1010. The van der Waals surface area contributed by atoms with E-state index in [0.717, 1.165) is 4.90 Å². The molecule has 0 aliphatic rings. The fourth-order valence-electron chi connectivity index (χ4n) is 2.22. The molecule has 28 heavy (non-hydrogen) atoms. The number of thiazole rings is 1. The van der Waals surface area contributed by atoms with E-state index in [1.54, 1.807) is 29.8 Å². The Morgan fingerprint density at radius 2 is 1.96 bits per heavy atom. The molecule has 0 aliphatic carbocycles. The van der Waals surface area contributed by atoms with Crippen molar-refractivity contribution in [1.29, 1.82) is 0 Å². The average molecular weight is 414 g/mol. The second-order valence-corrected chi connectivity index (χ2v) is 7.41. The first-order valence-corrected chi connectivity index (χ1v) is 9.86. The van der Waals surface area contributed by atoms with E-state index in [9.17, 15) is 19.7 Å². The van der Waals surface area contributed by atoms with E-state index in [-0.39, 0.29) is 22.9 Å². The Kier molecular flexibility index (Phi) is 6.35. The third-order valence-corrected chi connectivity index (χ3v) is 5.14. The van der Waals surface area contributed by atoms with Crippen molar-refractivity contribution in [3.05, 3.63) is 75.8 Å². The molecule has 0 fully saturated rings. The number of nitrogens with one attached hydrogen (secondary N) is 2. The normalized spacial score (nSPS) is 10.3. The van der Waals surface area contributed by atoms with Gasteiger partial charge in [-0.05, 0) is 24.3 Å². The molecule has 3 aromatic rings. The number of hydrogen-bond acceptors (Lipinski definition) is 7. The van der Waals surface area contributed by atoms with Gasteiger partial charge in [-0.25, -0.2) is 4.98 Å². The Morgan fingerprint density at radius 3 is 2.71 bits per heavy atom. The summed E-state index contributed by atoms with van der Waals surface area (Å²) in [5, 5.41) is 18.6. The molecule has 0 atom stereocenters. The summed E-state index contributed by atoms with van der Waals surface area (Å²) in [5.74, 6) is -0.430. The zero-order valence-electron chi connectivity index (χ0n) is 14.3. The fourth-order valence-corrected chi connectivity index (χ4v) is 3.52. The van der Waals surface area contributed by atoms with Crippen LogP contribution in [0.2, 0.25) is 0 Å². The first kappa shape index (κ1) is 19.5. The minimum Gasteiger partial charge on any atom is -0.322 e. The number of aromatic nitrogens is 1. The summed E-state index contributed by atoms with van der Waals surface area (Å²) in [5.41, 5.74) is 0.570. The number of carbonyl (C=O) groups is 2. The molecule has 2 amide bonds. The summed E-state index contributed by atoms with van der Waals surface area (Å²) in [6, 6.07) is 12.5. The highest BCUT2D eigenvalue weighted by atomic mass is 32.2. The van der Waals surface area contributed by atoms with Crippen LogP contribution in [-0.2, 0) is 4.79 Å². The Hall–Kier alpha value is -3.24. The molecule has 0 radical (unpaired) electrons. The highest BCUT2D eigenvalue weighted by Crippen LogP contribution is 2.23. The Morgan fingerprint density at radius 1 is 1.14 bits per heavy atom. The maximum Gasteiger partial charge on any atom is 0.270 e. The standard InChI is InChI=1S/C18H14N4O4S2/c23-16(21-18-19-7-8-27-18)11-28-15-6-2-4-13(10-15)20-17(24)12-3-1-5-14(9-12)22(25)26/h1-10H,11H2,(H,20,24)(H,19,21,23). The average Bonchev–Trinajstić information content (AvgIpc) is 3.20. The largest absolute Gasteiger partial charge is 0.322 e. The second-order valence-electron chi connectivity index (χ2n) is 5.46. The van der Waals surface area contributed by atoms with Gasteiger partial charge < -0.3 is 10.6 Å². The lowest BCUT2D eigenvalue weighted by atomic mass is 10.2. The third kappa shape index (κ3) is 5.38. The topological polar surface area (TPSA) is 114 Å². The van der Waals surface area contributed by atoms with E-state index in [1.165, 1.54) is 47.4 Å². The first-order valence-electron chi connectivity index (χ1n) is 7.99. The van der Waals surface area contributed by atoms with E-state index in [2.05, 4.69) is 15.6 Å². The van der Waals surface area contributed by atoms with Crippen LogP contribution >= 0.6 is 23.1 Å². The van der Waals surface area contributed by atoms with Gasteiger partial charge in [-0.1, -0.05) is 12.1 Å². The number of non-ortho nitro benzene ring substituents is 1. The zero-order valence-corrected chi connectivity index (χ0v) is 16.0. The number of nitrogens with zero attached hydrogens (tertiary/aromatic N) is 2. The summed E-state index contributed by atoms with van der Waals surface area (Å²) in [7, 11) is 0. The van der Waals surface area contributed by atoms with E-state index in [4.69, 9.17) is 0 Å². The summed E-state index contributed by atoms with van der Waals surface area (Å²) in [4.78, 5) is 39.3. The quantitative estimate of drug-likeness (QED) is 0.343. The van der Waals surface area contributed by atoms with Gasteiger partial charge in [0.05, 0.1) is 10.7 Å². The summed E-state index contributed by atoms with van der Waals surface area (Å²) in [6.45, 7) is 0. The molecule has 0 aliphatic heterocycles. The Labute approximate surface area is 168 Å². The number of nitro benzene ring substituents is 1. The molecule has 0 saturated carbocycles. The zero-order chi connectivity index (χ0) is 19.9. The number of anilines is 2. The Balaban J connectivity index is 1.60. The van der Waals surface area contributed by atoms with Gasteiger partial charge in [-0.15, -0.1) is 23.1 Å². The van der Waals surface area contributed by atoms with E-state index < -0.39 is 10.8 Å². The SMILES string of the molecule is O=C(CSc1cccc(NC(=O)c2cccc([N+](=O)[O-])c2)c1)Nc1nccs1. The molecular formula is C18H14N4O4S2. The van der Waals surface area contributed by atoms with Gasteiger partial charge in [0.25, 0.3) is 11.6 Å². The molecule has 1 aromatic heterocycles. The number of thioether (sulfide) groups is 1. The predicted molar refractivity (Wildman–Crippen MR) is 109 cm³/mol. The highest BCUT2D eigenvalue weighted by Gasteiger charge is 2.12. The van der Waals surface area contributed by atoms with E-state index >= 15 is 0 Å². The van der Waals surface area contributed by atoms with Gasteiger partial charge in [-0.2, -0.15) is 0 Å². The fraction of sp³-hybridized carbons (Fsp3) is 0.0556. The monoisotopic (exact) mass is 414 g/mol. The van der Waals surface area contributed by atoms with E-state index in [1.807, 2.05) is 6.07 Å². The van der Waals surface area contributed by atoms with Crippen LogP contribution in [0.25, 0.3) is 0 Å². The van der Waals surface area contributed by atoms with Gasteiger partial charge in [0, 0.05) is 39.9 Å². The number of carbonyl (C=O) groups excluding carboxylic acids is 2. The van der Waals surface area contributed by atoms with Crippen molar-refractivity contribution in [1.82, 2.24) is 4.98 Å². The summed E-state index contributed by atoms with van der Waals surface area (Å²) in [6.07, 6.45) is 1.61. The number of rotatable bonds is 7. The molecular weight excluding hydrogens is 400 g/mol. The van der Waals surface area contributed by atoms with Crippen molar-refractivity contribution in [3.8, 4) is 0 Å². The van der Waals surface area contributed by atoms with Gasteiger partial charge in [-0.3, -0.25) is 19.7 Å². The van der Waals surface area contributed by atoms with Crippen LogP contribution in [0.3, 0.4) is 0 Å². The van der Waals surface area contributed by atoms with Crippen LogP contribution in [0.5, 0.6) is 0 Å². The lowest BCUT2D eigenvalue weighted by Gasteiger charge is -2.07. The lowest BCUT2D eigenvalue weighted by molar-refractivity contribution is -0.384. The molecule has 0 spiro atoms. The van der Waals surface area contributed by atoms with Gasteiger partial charge in [0.15, 0.2) is 5.13 Å². The van der Waals surface area contributed by atoms with Crippen molar-refractivity contribution in [2.24, 2.45) is 0 Å². The number of nitro groups is 1. The van der Waals surface area contributed by atoms with Crippen LogP contribution in [-0.4, -0.2) is 27.5 Å². The van der Waals surface area contributed by atoms with Crippen molar-refractivity contribution in [2.45, 2.75) is 4.90 Å². The molecule has 0 saturated heterocycles. The molecule has 3 rings (SSSR count). The second kappa shape index (κ2) is 9.11. The summed E-state index contributed by atoms with van der Waals surface area (Å²) >= 11 is 2.66.